The van der Waals surface area contributed by atoms with E-state index >= 15 is 0 Å². The number of esters is 1. The molecule has 3 nitrogen and oxygen atoms in total. The van der Waals surface area contributed by atoms with Gasteiger partial charge in [0.15, 0.2) is 0 Å². The van der Waals surface area contributed by atoms with Crippen molar-refractivity contribution in [3.8, 4) is 0 Å². The number of hydrogen-bond donors (Lipinski definition) is 1. The van der Waals surface area contributed by atoms with Gasteiger partial charge in [0.25, 0.3) is 0 Å². The highest BCUT2D eigenvalue weighted by Gasteiger charge is 2.60. The van der Waals surface area contributed by atoms with Crippen LogP contribution in [-0.4, -0.2) is 23.8 Å². The number of carbonyl (C=O) groups excluding carboxylic acids is 1. The number of rotatable bonds is 1. The first-order valence-corrected chi connectivity index (χ1v) is 11.0. The Balaban J connectivity index is 1.41. The normalized spacial score (nSPS) is 53.3. The number of carbonyl (C=O) groups is 1. The topological polar surface area (TPSA) is 46.5 Å². The summed E-state index contributed by atoms with van der Waals surface area (Å²) in [4.78, 5) is 11.6. The molecule has 0 bridgehead atoms. The molecule has 5 rings (SSSR count). The summed E-state index contributed by atoms with van der Waals surface area (Å²) in [5.74, 6) is 3.67. The molecule has 1 aliphatic heterocycles. The highest BCUT2D eigenvalue weighted by atomic mass is 16.5. The molecule has 4 aliphatic carbocycles. The molecule has 8 atom stereocenters. The minimum Gasteiger partial charge on any atom is -0.458 e. The van der Waals surface area contributed by atoms with Crippen LogP contribution in [-0.2, 0) is 9.53 Å². The monoisotopic (exact) mass is 358 g/mol. The van der Waals surface area contributed by atoms with E-state index in [1.807, 2.05) is 0 Å². The molecule has 0 saturated heterocycles. The lowest BCUT2D eigenvalue weighted by Gasteiger charge is -2.61. The van der Waals surface area contributed by atoms with Crippen LogP contribution in [0.25, 0.3) is 0 Å². The van der Waals surface area contributed by atoms with Crippen LogP contribution < -0.4 is 0 Å². The molecule has 4 saturated carbocycles. The maximum Gasteiger partial charge on any atom is 0.331 e. The van der Waals surface area contributed by atoms with Crippen molar-refractivity contribution in [3.63, 3.8) is 0 Å². The second kappa shape index (κ2) is 5.83. The van der Waals surface area contributed by atoms with Gasteiger partial charge in [0.2, 0.25) is 0 Å². The summed E-state index contributed by atoms with van der Waals surface area (Å²) in [6.45, 7) is 5.62. The first-order chi connectivity index (χ1) is 12.4. The van der Waals surface area contributed by atoms with E-state index in [0.29, 0.717) is 23.4 Å². The van der Waals surface area contributed by atoms with Crippen LogP contribution >= 0.6 is 0 Å². The highest BCUT2D eigenvalue weighted by molar-refractivity contribution is 5.85. The van der Waals surface area contributed by atoms with Crippen molar-refractivity contribution >= 4 is 5.97 Å². The van der Waals surface area contributed by atoms with Gasteiger partial charge >= 0.3 is 5.97 Å². The molecule has 0 unspecified atom stereocenters. The van der Waals surface area contributed by atoms with Crippen molar-refractivity contribution in [2.24, 2.45) is 40.4 Å². The zero-order valence-corrected chi connectivity index (χ0v) is 16.4. The van der Waals surface area contributed by atoms with Crippen LogP contribution in [0.1, 0.15) is 71.6 Å². The molecular weight excluding hydrogens is 324 g/mol. The van der Waals surface area contributed by atoms with Gasteiger partial charge in [-0.25, -0.2) is 4.79 Å². The van der Waals surface area contributed by atoms with Crippen LogP contribution in [0.5, 0.6) is 0 Å². The molecule has 1 heterocycles. The summed E-state index contributed by atoms with van der Waals surface area (Å²) in [5, 5.41) is 10.2. The predicted octanol–water partition coefficient (Wildman–Crippen LogP) is 4.49. The van der Waals surface area contributed by atoms with E-state index < -0.39 is 0 Å². The summed E-state index contributed by atoms with van der Waals surface area (Å²) >= 11 is 0. The van der Waals surface area contributed by atoms with Gasteiger partial charge in [0, 0.05) is 6.08 Å². The fourth-order valence-electron chi connectivity index (χ4n) is 8.43. The lowest BCUT2D eigenvalue weighted by Crippen LogP contribution is -2.54. The standard InChI is InChI=1S/C23H34O3/c1-22-9-7-16(24)12-15(22)3-4-17-19-6-5-18(14-11-21(25)26-13-14)23(19,2)10-8-20(17)22/h11,15-20,24H,3-10,12-13H2,1-2H3/t15-,16-,17+,18-,19+,20+,22+,23-/m1/s1. The molecule has 0 amide bonds. The maximum atomic E-state index is 11.6. The third-order valence-electron chi connectivity index (χ3n) is 9.77. The second-order valence-electron chi connectivity index (χ2n) is 10.6. The number of aliphatic hydroxyl groups is 1. The quantitative estimate of drug-likeness (QED) is 0.703. The van der Waals surface area contributed by atoms with Gasteiger partial charge in [-0.15, -0.1) is 0 Å². The molecule has 4 fully saturated rings. The van der Waals surface area contributed by atoms with Crippen molar-refractivity contribution in [3.05, 3.63) is 11.6 Å². The summed E-state index contributed by atoms with van der Waals surface area (Å²) in [6.07, 6.45) is 12.9. The first-order valence-electron chi connectivity index (χ1n) is 11.0. The lowest BCUT2D eigenvalue weighted by molar-refractivity contribution is -0.135. The number of aliphatic hydroxyl groups excluding tert-OH is 1. The summed E-state index contributed by atoms with van der Waals surface area (Å²) in [5.41, 5.74) is 2.09. The Labute approximate surface area is 157 Å². The Bertz CT molecular complexity index is 639. The minimum absolute atomic E-state index is 0.0545. The van der Waals surface area contributed by atoms with Gasteiger partial charge in [-0.1, -0.05) is 13.8 Å². The number of cyclic esters (lactones) is 1. The summed E-state index contributed by atoms with van der Waals surface area (Å²) < 4.78 is 5.25. The average molecular weight is 359 g/mol. The number of ether oxygens (including phenoxy) is 1. The van der Waals surface area contributed by atoms with Gasteiger partial charge in [0.05, 0.1) is 6.10 Å². The molecule has 1 N–H and O–H groups in total. The molecular formula is C23H34O3. The Morgan fingerprint density at radius 3 is 2.54 bits per heavy atom. The van der Waals surface area contributed by atoms with Crippen LogP contribution in [0, 0.1) is 40.4 Å². The fraction of sp³-hybridized carbons (Fsp3) is 0.870. The number of fused-ring (bicyclic) bond motifs is 5. The zero-order chi connectivity index (χ0) is 18.1. The largest absolute Gasteiger partial charge is 0.458 e. The third-order valence-corrected chi connectivity index (χ3v) is 9.77. The second-order valence-corrected chi connectivity index (χ2v) is 10.6. The molecule has 0 aromatic carbocycles. The van der Waals surface area contributed by atoms with E-state index in [-0.39, 0.29) is 12.1 Å². The van der Waals surface area contributed by atoms with Gasteiger partial charge in [0.1, 0.15) is 6.61 Å². The van der Waals surface area contributed by atoms with Gasteiger partial charge < -0.3 is 9.84 Å². The van der Waals surface area contributed by atoms with Crippen molar-refractivity contribution < 1.29 is 14.6 Å². The fourth-order valence-corrected chi connectivity index (χ4v) is 8.43. The predicted molar refractivity (Wildman–Crippen MR) is 100 cm³/mol. The van der Waals surface area contributed by atoms with Crippen LogP contribution in [0.2, 0.25) is 0 Å². The molecule has 0 radical (unpaired) electrons. The van der Waals surface area contributed by atoms with E-state index in [1.54, 1.807) is 6.08 Å². The smallest absolute Gasteiger partial charge is 0.331 e. The Hall–Kier alpha value is -0.830. The lowest BCUT2D eigenvalue weighted by atomic mass is 9.44. The molecule has 0 aromatic heterocycles. The molecule has 3 heteroatoms. The molecule has 5 aliphatic rings. The Morgan fingerprint density at radius 1 is 1.00 bits per heavy atom. The summed E-state index contributed by atoms with van der Waals surface area (Å²) in [7, 11) is 0. The Morgan fingerprint density at radius 2 is 1.77 bits per heavy atom. The van der Waals surface area contributed by atoms with Gasteiger partial charge in [-0.2, -0.15) is 0 Å². The van der Waals surface area contributed by atoms with Gasteiger partial charge in [-0.05, 0) is 104 Å². The number of hydrogen-bond acceptors (Lipinski definition) is 3. The van der Waals surface area contributed by atoms with Crippen molar-refractivity contribution in [1.82, 2.24) is 0 Å². The van der Waals surface area contributed by atoms with Crippen LogP contribution in [0.3, 0.4) is 0 Å². The highest BCUT2D eigenvalue weighted by Crippen LogP contribution is 2.68. The zero-order valence-electron chi connectivity index (χ0n) is 16.4. The SMILES string of the molecule is C[C@]12CC[C@@H](O)C[C@H]1CC[C@@H]1[C@@H]2CC[C@]2(C)[C@@H](C3=CC(=O)OC3)CC[C@@H]12. The average Bonchev–Trinajstić information content (AvgIpc) is 3.18. The van der Waals surface area contributed by atoms with Crippen LogP contribution in [0.15, 0.2) is 11.6 Å². The third kappa shape index (κ3) is 2.31. The van der Waals surface area contributed by atoms with E-state index in [4.69, 9.17) is 4.74 Å². The molecule has 0 spiro atoms. The van der Waals surface area contributed by atoms with Crippen molar-refractivity contribution in [1.29, 1.82) is 0 Å². The molecule has 0 aromatic rings. The van der Waals surface area contributed by atoms with Crippen molar-refractivity contribution in [2.75, 3.05) is 6.61 Å². The maximum absolute atomic E-state index is 11.6. The van der Waals surface area contributed by atoms with Gasteiger partial charge in [-0.3, -0.25) is 0 Å². The van der Waals surface area contributed by atoms with E-state index in [0.717, 1.165) is 36.5 Å². The summed E-state index contributed by atoms with van der Waals surface area (Å²) in [6, 6.07) is 0. The Kier molecular flexibility index (Phi) is 3.88. The molecule has 144 valence electrons. The minimum atomic E-state index is -0.130. The van der Waals surface area contributed by atoms with Crippen LogP contribution in [0.4, 0.5) is 0 Å². The van der Waals surface area contributed by atoms with E-state index in [1.165, 1.54) is 50.5 Å². The first kappa shape index (κ1) is 17.3. The van der Waals surface area contributed by atoms with E-state index in [2.05, 4.69) is 13.8 Å². The molecule has 26 heavy (non-hydrogen) atoms. The van der Waals surface area contributed by atoms with Crippen molar-refractivity contribution in [2.45, 2.75) is 77.7 Å². The van der Waals surface area contributed by atoms with E-state index in [9.17, 15) is 9.90 Å².